The lowest BCUT2D eigenvalue weighted by Gasteiger charge is -2.32. The van der Waals surface area contributed by atoms with Crippen LogP contribution < -0.4 is 5.32 Å². The summed E-state index contributed by atoms with van der Waals surface area (Å²) in [5.74, 6) is 0.116. The van der Waals surface area contributed by atoms with Gasteiger partial charge in [-0.15, -0.1) is 0 Å². The van der Waals surface area contributed by atoms with E-state index in [4.69, 9.17) is 11.6 Å². The van der Waals surface area contributed by atoms with Gasteiger partial charge in [0.05, 0.1) is 5.69 Å². The first kappa shape index (κ1) is 13.9. The summed E-state index contributed by atoms with van der Waals surface area (Å²) < 4.78 is 0.822. The second kappa shape index (κ2) is 5.62. The van der Waals surface area contributed by atoms with E-state index in [2.05, 4.69) is 28.2 Å². The van der Waals surface area contributed by atoms with E-state index >= 15 is 0 Å². The number of amides is 1. The number of carbonyl (C=O) groups is 1. The molecule has 1 aromatic rings. The van der Waals surface area contributed by atoms with Gasteiger partial charge in [-0.3, -0.25) is 4.79 Å². The second-order valence-corrected chi connectivity index (χ2v) is 6.49. The summed E-state index contributed by atoms with van der Waals surface area (Å²) in [4.78, 5) is 12.4. The van der Waals surface area contributed by atoms with Gasteiger partial charge in [-0.25, -0.2) is 0 Å². The number of halogens is 2. The Bertz CT molecular complexity index is 455. The van der Waals surface area contributed by atoms with Crippen LogP contribution in [0.15, 0.2) is 22.7 Å². The van der Waals surface area contributed by atoms with Crippen molar-refractivity contribution in [3.05, 3.63) is 27.7 Å². The van der Waals surface area contributed by atoms with E-state index in [1.54, 1.807) is 12.1 Å². The van der Waals surface area contributed by atoms with Crippen molar-refractivity contribution >= 4 is 39.1 Å². The molecule has 98 valence electrons. The van der Waals surface area contributed by atoms with Gasteiger partial charge in [0, 0.05) is 14.9 Å². The maximum Gasteiger partial charge on any atom is 0.230 e. The quantitative estimate of drug-likeness (QED) is 0.811. The SMILES string of the molecule is CC1(C(=O)Nc2ccc(Cl)cc2Br)CCCCC1. The molecule has 0 aliphatic heterocycles. The van der Waals surface area contributed by atoms with Gasteiger partial charge in [-0.1, -0.05) is 37.8 Å². The Balaban J connectivity index is 2.11. The van der Waals surface area contributed by atoms with Crippen LogP contribution in [0.5, 0.6) is 0 Å². The predicted molar refractivity (Wildman–Crippen MR) is 79.0 cm³/mol. The van der Waals surface area contributed by atoms with E-state index in [1.807, 2.05) is 6.07 Å². The van der Waals surface area contributed by atoms with E-state index in [1.165, 1.54) is 6.42 Å². The van der Waals surface area contributed by atoms with Crippen molar-refractivity contribution < 1.29 is 4.79 Å². The summed E-state index contributed by atoms with van der Waals surface area (Å²) in [7, 11) is 0. The van der Waals surface area contributed by atoms with Crippen LogP contribution in [-0.2, 0) is 4.79 Å². The first-order chi connectivity index (χ1) is 8.51. The molecule has 2 rings (SSSR count). The minimum absolute atomic E-state index is 0.116. The highest BCUT2D eigenvalue weighted by Gasteiger charge is 2.34. The molecule has 0 spiro atoms. The molecular formula is C14H17BrClNO. The standard InChI is InChI=1S/C14H17BrClNO/c1-14(7-3-2-4-8-14)13(18)17-12-6-5-10(16)9-11(12)15/h5-6,9H,2-4,7-8H2,1H3,(H,17,18). The molecule has 1 amide bonds. The Morgan fingerprint density at radius 1 is 1.33 bits per heavy atom. The van der Waals surface area contributed by atoms with Gasteiger partial charge >= 0.3 is 0 Å². The molecule has 1 N–H and O–H groups in total. The number of hydrogen-bond acceptors (Lipinski definition) is 1. The lowest BCUT2D eigenvalue weighted by atomic mass is 9.75. The summed E-state index contributed by atoms with van der Waals surface area (Å²) in [5.41, 5.74) is 0.563. The molecule has 1 fully saturated rings. The van der Waals surface area contributed by atoms with Crippen molar-refractivity contribution in [3.63, 3.8) is 0 Å². The second-order valence-electron chi connectivity index (χ2n) is 5.20. The van der Waals surface area contributed by atoms with Gasteiger partial charge in [0.2, 0.25) is 5.91 Å². The smallest absolute Gasteiger partial charge is 0.230 e. The van der Waals surface area contributed by atoms with E-state index in [9.17, 15) is 4.79 Å². The fourth-order valence-electron chi connectivity index (χ4n) is 2.42. The number of benzene rings is 1. The summed E-state index contributed by atoms with van der Waals surface area (Å²) in [6.45, 7) is 2.06. The van der Waals surface area contributed by atoms with Crippen LogP contribution in [0.4, 0.5) is 5.69 Å². The van der Waals surface area contributed by atoms with Crippen LogP contribution in [0.1, 0.15) is 39.0 Å². The van der Waals surface area contributed by atoms with Crippen LogP contribution in [-0.4, -0.2) is 5.91 Å². The third-order valence-electron chi connectivity index (χ3n) is 3.68. The minimum Gasteiger partial charge on any atom is -0.325 e. The molecule has 1 aliphatic carbocycles. The molecule has 0 bridgehead atoms. The van der Waals surface area contributed by atoms with Crippen molar-refractivity contribution in [3.8, 4) is 0 Å². The van der Waals surface area contributed by atoms with E-state index < -0.39 is 0 Å². The molecule has 0 saturated heterocycles. The van der Waals surface area contributed by atoms with Crippen molar-refractivity contribution in [2.45, 2.75) is 39.0 Å². The van der Waals surface area contributed by atoms with Crippen LogP contribution in [0.3, 0.4) is 0 Å². The Labute approximate surface area is 121 Å². The van der Waals surface area contributed by atoms with Gasteiger partial charge in [0.1, 0.15) is 0 Å². The fourth-order valence-corrected chi connectivity index (χ4v) is 3.21. The Kier molecular flexibility index (Phi) is 4.33. The van der Waals surface area contributed by atoms with Crippen LogP contribution >= 0.6 is 27.5 Å². The molecule has 0 atom stereocenters. The number of carbonyl (C=O) groups excluding carboxylic acids is 1. The normalized spacial score (nSPS) is 18.4. The monoisotopic (exact) mass is 329 g/mol. The van der Waals surface area contributed by atoms with Gasteiger partial charge in [0.25, 0.3) is 0 Å². The highest BCUT2D eigenvalue weighted by atomic mass is 79.9. The molecule has 0 unspecified atom stereocenters. The van der Waals surface area contributed by atoms with Crippen molar-refractivity contribution in [1.29, 1.82) is 0 Å². The average molecular weight is 331 g/mol. The summed E-state index contributed by atoms with van der Waals surface area (Å²) in [5, 5.41) is 3.66. The zero-order valence-corrected chi connectivity index (χ0v) is 12.8. The van der Waals surface area contributed by atoms with Crippen LogP contribution in [0.2, 0.25) is 5.02 Å². The topological polar surface area (TPSA) is 29.1 Å². The fraction of sp³-hybridized carbons (Fsp3) is 0.500. The number of anilines is 1. The minimum atomic E-state index is -0.225. The first-order valence-corrected chi connectivity index (χ1v) is 7.45. The molecule has 4 heteroatoms. The third kappa shape index (κ3) is 3.07. The molecule has 2 nitrogen and oxygen atoms in total. The van der Waals surface area contributed by atoms with Crippen molar-refractivity contribution in [2.24, 2.45) is 5.41 Å². The molecule has 0 aromatic heterocycles. The summed E-state index contributed by atoms with van der Waals surface area (Å²) in [6, 6.07) is 5.40. The average Bonchev–Trinajstić information content (AvgIpc) is 2.33. The van der Waals surface area contributed by atoms with Crippen molar-refractivity contribution in [1.82, 2.24) is 0 Å². The lowest BCUT2D eigenvalue weighted by molar-refractivity contribution is -0.126. The number of hydrogen-bond donors (Lipinski definition) is 1. The predicted octanol–water partition coefficient (Wildman–Crippen LogP) is 5.01. The molecule has 18 heavy (non-hydrogen) atoms. The Morgan fingerprint density at radius 2 is 2.00 bits per heavy atom. The molecule has 1 aliphatic rings. The molecule has 0 heterocycles. The Hall–Kier alpha value is -0.540. The number of rotatable bonds is 2. The maximum absolute atomic E-state index is 12.4. The molecule has 1 aromatic carbocycles. The van der Waals surface area contributed by atoms with Gasteiger partial charge in [-0.2, -0.15) is 0 Å². The molecular weight excluding hydrogens is 314 g/mol. The van der Waals surface area contributed by atoms with Gasteiger partial charge in [0.15, 0.2) is 0 Å². The van der Waals surface area contributed by atoms with Gasteiger partial charge < -0.3 is 5.32 Å². The molecule has 0 radical (unpaired) electrons. The van der Waals surface area contributed by atoms with Crippen molar-refractivity contribution in [2.75, 3.05) is 5.32 Å². The highest BCUT2D eigenvalue weighted by Crippen LogP contribution is 2.37. The first-order valence-electron chi connectivity index (χ1n) is 6.28. The zero-order chi connectivity index (χ0) is 13.2. The largest absolute Gasteiger partial charge is 0.325 e. The van der Waals surface area contributed by atoms with Gasteiger partial charge in [-0.05, 0) is 47.0 Å². The zero-order valence-electron chi connectivity index (χ0n) is 10.4. The third-order valence-corrected chi connectivity index (χ3v) is 4.58. The van der Waals surface area contributed by atoms with E-state index in [0.717, 1.165) is 35.8 Å². The summed E-state index contributed by atoms with van der Waals surface area (Å²) >= 11 is 9.30. The highest BCUT2D eigenvalue weighted by molar-refractivity contribution is 9.10. The van der Waals surface area contributed by atoms with E-state index in [-0.39, 0.29) is 11.3 Å². The van der Waals surface area contributed by atoms with E-state index in [0.29, 0.717) is 5.02 Å². The number of nitrogens with one attached hydrogen (secondary N) is 1. The Morgan fingerprint density at radius 3 is 2.61 bits per heavy atom. The van der Waals surface area contributed by atoms with Crippen LogP contribution in [0, 0.1) is 5.41 Å². The maximum atomic E-state index is 12.4. The lowest BCUT2D eigenvalue weighted by Crippen LogP contribution is -2.35. The molecule has 1 saturated carbocycles. The van der Waals surface area contributed by atoms with Crippen LogP contribution in [0.25, 0.3) is 0 Å². The summed E-state index contributed by atoms with van der Waals surface area (Å²) in [6.07, 6.45) is 5.49.